The van der Waals surface area contributed by atoms with E-state index in [2.05, 4.69) is 24.1 Å². The van der Waals surface area contributed by atoms with E-state index in [1.165, 1.54) is 0 Å². The van der Waals surface area contributed by atoms with E-state index < -0.39 is 0 Å². The molecule has 0 unspecified atom stereocenters. The van der Waals surface area contributed by atoms with Gasteiger partial charge < -0.3 is 14.8 Å². The van der Waals surface area contributed by atoms with Crippen molar-refractivity contribution in [1.29, 1.82) is 0 Å². The van der Waals surface area contributed by atoms with Gasteiger partial charge in [-0.25, -0.2) is 4.98 Å². The van der Waals surface area contributed by atoms with Crippen molar-refractivity contribution in [3.63, 3.8) is 0 Å². The highest BCUT2D eigenvalue weighted by molar-refractivity contribution is 6.04. The van der Waals surface area contributed by atoms with Gasteiger partial charge in [0.15, 0.2) is 0 Å². The number of ether oxygens (including phenoxy) is 2. The number of aromatic nitrogens is 1. The van der Waals surface area contributed by atoms with Crippen molar-refractivity contribution < 1.29 is 14.3 Å². The van der Waals surface area contributed by atoms with Crippen LogP contribution in [0.1, 0.15) is 30.6 Å². The molecule has 0 spiro atoms. The Hall–Kier alpha value is -2.56. The van der Waals surface area contributed by atoms with Gasteiger partial charge in [-0.1, -0.05) is 13.8 Å². The Morgan fingerprint density at radius 1 is 1.17 bits per heavy atom. The largest absolute Gasteiger partial charge is 0.494 e. The Bertz CT molecular complexity index is 622. The molecule has 0 saturated heterocycles. The van der Waals surface area contributed by atoms with Crippen molar-refractivity contribution in [2.24, 2.45) is 5.92 Å². The van der Waals surface area contributed by atoms with Crippen LogP contribution in [-0.4, -0.2) is 24.6 Å². The monoisotopic (exact) mass is 314 g/mol. The quantitative estimate of drug-likeness (QED) is 0.845. The molecule has 0 atom stereocenters. The minimum absolute atomic E-state index is 0.189. The van der Waals surface area contributed by atoms with Gasteiger partial charge in [0.2, 0.25) is 5.88 Å². The van der Waals surface area contributed by atoms with Gasteiger partial charge in [-0.3, -0.25) is 4.79 Å². The molecule has 5 heteroatoms. The summed E-state index contributed by atoms with van der Waals surface area (Å²) in [6.45, 7) is 5.00. The standard InChI is InChI=1S/C18H22N2O3/c1-13(2)10-11-23-16-7-4-14(5-8-16)18(21)20-15-6-9-17(22-3)19-12-15/h4-9,12-13H,10-11H2,1-3H3,(H,20,21). The van der Waals surface area contributed by atoms with Crippen LogP contribution in [0.15, 0.2) is 42.6 Å². The van der Waals surface area contributed by atoms with Crippen molar-refractivity contribution in [1.82, 2.24) is 4.98 Å². The lowest BCUT2D eigenvalue weighted by Gasteiger charge is -2.09. The first-order valence-electron chi connectivity index (χ1n) is 7.62. The van der Waals surface area contributed by atoms with Gasteiger partial charge in [0.1, 0.15) is 5.75 Å². The van der Waals surface area contributed by atoms with Crippen LogP contribution in [0.3, 0.4) is 0 Å². The molecule has 1 aromatic heterocycles. The minimum atomic E-state index is -0.189. The maximum atomic E-state index is 12.2. The van der Waals surface area contributed by atoms with Crippen LogP contribution in [-0.2, 0) is 0 Å². The lowest BCUT2D eigenvalue weighted by molar-refractivity contribution is 0.102. The summed E-state index contributed by atoms with van der Waals surface area (Å²) in [4.78, 5) is 16.2. The summed E-state index contributed by atoms with van der Waals surface area (Å²) in [7, 11) is 1.55. The summed E-state index contributed by atoms with van der Waals surface area (Å²) in [5.74, 6) is 1.70. The van der Waals surface area contributed by atoms with Crippen molar-refractivity contribution in [3.05, 3.63) is 48.2 Å². The zero-order valence-electron chi connectivity index (χ0n) is 13.7. The van der Waals surface area contributed by atoms with E-state index in [9.17, 15) is 4.79 Å². The first-order chi connectivity index (χ1) is 11.1. The van der Waals surface area contributed by atoms with Crippen LogP contribution in [0.25, 0.3) is 0 Å². The number of pyridine rings is 1. The molecule has 0 bridgehead atoms. The van der Waals surface area contributed by atoms with Crippen LogP contribution in [0.2, 0.25) is 0 Å². The first-order valence-corrected chi connectivity index (χ1v) is 7.62. The van der Waals surface area contributed by atoms with Crippen LogP contribution in [0.4, 0.5) is 5.69 Å². The topological polar surface area (TPSA) is 60.5 Å². The second-order valence-electron chi connectivity index (χ2n) is 5.60. The fourth-order valence-corrected chi connectivity index (χ4v) is 1.89. The Labute approximate surface area is 136 Å². The van der Waals surface area contributed by atoms with Crippen LogP contribution >= 0.6 is 0 Å². The van der Waals surface area contributed by atoms with E-state index in [1.807, 2.05) is 12.1 Å². The van der Waals surface area contributed by atoms with Gasteiger partial charge in [0.25, 0.3) is 5.91 Å². The van der Waals surface area contributed by atoms with Crippen LogP contribution in [0.5, 0.6) is 11.6 Å². The van der Waals surface area contributed by atoms with Crippen molar-refractivity contribution >= 4 is 11.6 Å². The molecule has 2 rings (SSSR count). The van der Waals surface area contributed by atoms with E-state index in [0.29, 0.717) is 29.7 Å². The van der Waals surface area contributed by atoms with Crippen LogP contribution in [0, 0.1) is 5.92 Å². The summed E-state index contributed by atoms with van der Waals surface area (Å²) < 4.78 is 10.6. The zero-order chi connectivity index (χ0) is 16.7. The van der Waals surface area contributed by atoms with E-state index in [0.717, 1.165) is 12.2 Å². The normalized spacial score (nSPS) is 10.4. The smallest absolute Gasteiger partial charge is 0.255 e. The molecule has 0 radical (unpaired) electrons. The average molecular weight is 314 g/mol. The maximum absolute atomic E-state index is 12.2. The molecule has 0 aliphatic heterocycles. The molecule has 0 saturated carbocycles. The summed E-state index contributed by atoms with van der Waals surface area (Å²) in [6.07, 6.45) is 2.56. The van der Waals surface area contributed by atoms with Crippen molar-refractivity contribution in [2.75, 3.05) is 19.0 Å². The van der Waals surface area contributed by atoms with E-state index >= 15 is 0 Å². The van der Waals surface area contributed by atoms with Crippen LogP contribution < -0.4 is 14.8 Å². The highest BCUT2D eigenvalue weighted by Crippen LogP contribution is 2.16. The molecule has 0 aliphatic carbocycles. The second-order valence-corrected chi connectivity index (χ2v) is 5.60. The number of methoxy groups -OCH3 is 1. The molecular formula is C18H22N2O3. The lowest BCUT2D eigenvalue weighted by atomic mass is 10.1. The molecule has 0 aliphatic rings. The molecular weight excluding hydrogens is 292 g/mol. The number of carbonyl (C=O) groups is 1. The Morgan fingerprint density at radius 3 is 2.48 bits per heavy atom. The minimum Gasteiger partial charge on any atom is -0.494 e. The summed E-state index contributed by atoms with van der Waals surface area (Å²) >= 11 is 0. The van der Waals surface area contributed by atoms with E-state index in [1.54, 1.807) is 37.6 Å². The van der Waals surface area contributed by atoms with Crippen molar-refractivity contribution in [2.45, 2.75) is 20.3 Å². The molecule has 1 heterocycles. The van der Waals surface area contributed by atoms with Gasteiger partial charge in [-0.05, 0) is 42.7 Å². The summed E-state index contributed by atoms with van der Waals surface area (Å²) in [5.41, 5.74) is 1.19. The molecule has 122 valence electrons. The number of hydrogen-bond acceptors (Lipinski definition) is 4. The first kappa shape index (κ1) is 16.8. The van der Waals surface area contributed by atoms with Gasteiger partial charge in [-0.2, -0.15) is 0 Å². The van der Waals surface area contributed by atoms with Gasteiger partial charge in [-0.15, -0.1) is 0 Å². The Kier molecular flexibility index (Phi) is 5.97. The fourth-order valence-electron chi connectivity index (χ4n) is 1.89. The number of anilines is 1. The average Bonchev–Trinajstić information content (AvgIpc) is 2.56. The molecule has 23 heavy (non-hydrogen) atoms. The predicted octanol–water partition coefficient (Wildman–Crippen LogP) is 3.77. The lowest BCUT2D eigenvalue weighted by Crippen LogP contribution is -2.12. The van der Waals surface area contributed by atoms with Gasteiger partial charge >= 0.3 is 0 Å². The summed E-state index contributed by atoms with van der Waals surface area (Å²) in [5, 5.41) is 2.79. The number of nitrogens with zero attached hydrogens (tertiary/aromatic N) is 1. The zero-order valence-corrected chi connectivity index (χ0v) is 13.7. The number of amides is 1. The molecule has 5 nitrogen and oxygen atoms in total. The molecule has 1 N–H and O–H groups in total. The second kappa shape index (κ2) is 8.17. The molecule has 2 aromatic rings. The molecule has 0 fully saturated rings. The van der Waals surface area contributed by atoms with Gasteiger partial charge in [0, 0.05) is 11.6 Å². The molecule has 1 amide bonds. The number of carbonyl (C=O) groups excluding carboxylic acids is 1. The third-order valence-electron chi connectivity index (χ3n) is 3.28. The van der Waals surface area contributed by atoms with E-state index in [4.69, 9.17) is 9.47 Å². The third kappa shape index (κ3) is 5.29. The number of nitrogens with one attached hydrogen (secondary N) is 1. The highest BCUT2D eigenvalue weighted by atomic mass is 16.5. The Balaban J connectivity index is 1.91. The number of rotatable bonds is 7. The summed E-state index contributed by atoms with van der Waals surface area (Å²) in [6, 6.07) is 10.5. The SMILES string of the molecule is COc1ccc(NC(=O)c2ccc(OCCC(C)C)cc2)cn1. The fraction of sp³-hybridized carbons (Fsp3) is 0.333. The maximum Gasteiger partial charge on any atom is 0.255 e. The predicted molar refractivity (Wildman–Crippen MR) is 90.1 cm³/mol. The highest BCUT2D eigenvalue weighted by Gasteiger charge is 2.07. The number of benzene rings is 1. The van der Waals surface area contributed by atoms with Crippen molar-refractivity contribution in [3.8, 4) is 11.6 Å². The molecule has 1 aromatic carbocycles. The number of hydrogen-bond donors (Lipinski definition) is 1. The Morgan fingerprint density at radius 2 is 1.91 bits per heavy atom. The third-order valence-corrected chi connectivity index (χ3v) is 3.28. The van der Waals surface area contributed by atoms with E-state index in [-0.39, 0.29) is 5.91 Å². The van der Waals surface area contributed by atoms with Gasteiger partial charge in [0.05, 0.1) is 25.6 Å².